The van der Waals surface area contributed by atoms with Crippen molar-refractivity contribution < 1.29 is 14.3 Å². The van der Waals surface area contributed by atoms with E-state index in [1.807, 2.05) is 48.5 Å². The number of hydrogen-bond acceptors (Lipinski definition) is 4. The number of aromatic nitrogens is 1. The fourth-order valence-corrected chi connectivity index (χ4v) is 3.62. The molecule has 28 heavy (non-hydrogen) atoms. The summed E-state index contributed by atoms with van der Waals surface area (Å²) in [5.74, 6) is 1.45. The molecule has 0 atom stereocenters. The first-order valence-corrected chi connectivity index (χ1v) is 9.43. The van der Waals surface area contributed by atoms with Crippen LogP contribution in [0.4, 0.5) is 5.69 Å². The van der Waals surface area contributed by atoms with Crippen molar-refractivity contribution >= 4 is 11.6 Å². The molecule has 0 spiro atoms. The smallest absolute Gasteiger partial charge is 0.235 e. The monoisotopic (exact) mass is 372 g/mol. The molecule has 1 N–H and O–H groups in total. The number of hydrogen-bond donors (Lipinski definition) is 1. The highest BCUT2D eigenvalue weighted by Crippen LogP contribution is 2.51. The Kier molecular flexibility index (Phi) is 4.01. The van der Waals surface area contributed by atoms with Gasteiger partial charge in [-0.1, -0.05) is 36.4 Å². The number of carbonyl (C=O) groups is 1. The highest BCUT2D eigenvalue weighted by molar-refractivity contribution is 6.01. The van der Waals surface area contributed by atoms with Gasteiger partial charge in [0.2, 0.25) is 12.7 Å². The van der Waals surface area contributed by atoms with Crippen LogP contribution < -0.4 is 14.8 Å². The second kappa shape index (κ2) is 6.68. The number of carbonyl (C=O) groups excluding carboxylic acids is 1. The van der Waals surface area contributed by atoms with Gasteiger partial charge in [0.25, 0.3) is 0 Å². The van der Waals surface area contributed by atoms with E-state index >= 15 is 0 Å². The van der Waals surface area contributed by atoms with Crippen molar-refractivity contribution in [2.75, 3.05) is 12.1 Å². The summed E-state index contributed by atoms with van der Waals surface area (Å²) in [5, 5.41) is 3.03. The Hall–Kier alpha value is -3.34. The SMILES string of the molecule is O=C(Nc1ccc(Cc2ccccc2)nc1)C1(c2ccc3c(c2)OCO3)CC1. The third kappa shape index (κ3) is 3.09. The summed E-state index contributed by atoms with van der Waals surface area (Å²) in [6.07, 6.45) is 4.16. The fraction of sp³-hybridized carbons (Fsp3) is 0.217. The standard InChI is InChI=1S/C23H20N2O3/c26-22(23(10-11-23)17-6-9-20-21(13-17)28-15-27-20)25-19-8-7-18(24-14-19)12-16-4-2-1-3-5-16/h1-9,13-14H,10-12,15H2,(H,25,26). The quantitative estimate of drug-likeness (QED) is 0.733. The molecule has 1 aliphatic carbocycles. The van der Waals surface area contributed by atoms with Gasteiger partial charge < -0.3 is 14.8 Å². The van der Waals surface area contributed by atoms with Crippen LogP contribution in [0.5, 0.6) is 11.5 Å². The van der Waals surface area contributed by atoms with Gasteiger partial charge in [-0.2, -0.15) is 0 Å². The summed E-state index contributed by atoms with van der Waals surface area (Å²) >= 11 is 0. The van der Waals surface area contributed by atoms with Gasteiger partial charge in [0.15, 0.2) is 11.5 Å². The molecule has 2 aliphatic rings. The lowest BCUT2D eigenvalue weighted by Gasteiger charge is -2.16. The topological polar surface area (TPSA) is 60.5 Å². The van der Waals surface area contributed by atoms with Crippen LogP contribution in [-0.4, -0.2) is 17.7 Å². The number of nitrogens with zero attached hydrogens (tertiary/aromatic N) is 1. The van der Waals surface area contributed by atoms with E-state index in [1.54, 1.807) is 6.20 Å². The molecule has 0 bridgehead atoms. The molecule has 5 rings (SSSR count). The van der Waals surface area contributed by atoms with Crippen molar-refractivity contribution in [2.24, 2.45) is 0 Å². The van der Waals surface area contributed by atoms with Gasteiger partial charge in [0.1, 0.15) is 0 Å². The predicted octanol–water partition coefficient (Wildman–Crippen LogP) is 4.07. The molecule has 5 heteroatoms. The molecule has 1 aliphatic heterocycles. The van der Waals surface area contributed by atoms with Crippen LogP contribution >= 0.6 is 0 Å². The van der Waals surface area contributed by atoms with Crippen molar-refractivity contribution in [2.45, 2.75) is 24.7 Å². The molecular formula is C23H20N2O3. The van der Waals surface area contributed by atoms with Gasteiger partial charge in [-0.15, -0.1) is 0 Å². The second-order valence-electron chi connectivity index (χ2n) is 7.30. The Morgan fingerprint density at radius 2 is 1.82 bits per heavy atom. The number of nitrogens with one attached hydrogen (secondary N) is 1. The van der Waals surface area contributed by atoms with Gasteiger partial charge in [-0.3, -0.25) is 9.78 Å². The van der Waals surface area contributed by atoms with Gasteiger partial charge in [-0.25, -0.2) is 0 Å². The highest BCUT2D eigenvalue weighted by Gasteiger charge is 2.51. The number of anilines is 1. The first-order valence-electron chi connectivity index (χ1n) is 9.43. The normalized spacial score (nSPS) is 15.9. The summed E-state index contributed by atoms with van der Waals surface area (Å²) in [5.41, 5.74) is 3.40. The number of rotatable bonds is 5. The minimum absolute atomic E-state index is 0.00368. The van der Waals surface area contributed by atoms with E-state index in [-0.39, 0.29) is 12.7 Å². The summed E-state index contributed by atoms with van der Waals surface area (Å²) in [6, 6.07) is 19.9. The Labute approximate surface area is 163 Å². The maximum absolute atomic E-state index is 13.0. The summed E-state index contributed by atoms with van der Waals surface area (Å²) in [4.78, 5) is 17.5. The Balaban J connectivity index is 1.29. The van der Waals surface area contributed by atoms with Crippen molar-refractivity contribution in [1.29, 1.82) is 0 Å². The molecule has 2 aromatic carbocycles. The Bertz CT molecular complexity index is 1010. The number of pyridine rings is 1. The molecule has 0 radical (unpaired) electrons. The average Bonchev–Trinajstić information content (AvgIpc) is 3.41. The lowest BCUT2D eigenvalue weighted by atomic mass is 9.94. The number of fused-ring (bicyclic) bond motifs is 1. The predicted molar refractivity (Wildman–Crippen MR) is 106 cm³/mol. The van der Waals surface area contributed by atoms with Crippen molar-refractivity contribution in [3.05, 3.63) is 83.7 Å². The third-order valence-corrected chi connectivity index (χ3v) is 5.42. The lowest BCUT2D eigenvalue weighted by Crippen LogP contribution is -2.27. The molecule has 140 valence electrons. The van der Waals surface area contributed by atoms with Gasteiger partial charge in [0, 0.05) is 12.1 Å². The van der Waals surface area contributed by atoms with Gasteiger partial charge in [-0.05, 0) is 48.2 Å². The van der Waals surface area contributed by atoms with Crippen molar-refractivity contribution in [3.63, 3.8) is 0 Å². The number of benzene rings is 2. The highest BCUT2D eigenvalue weighted by atomic mass is 16.7. The van der Waals surface area contributed by atoms with Crippen molar-refractivity contribution in [3.8, 4) is 11.5 Å². The van der Waals surface area contributed by atoms with Gasteiger partial charge in [0.05, 0.1) is 17.3 Å². The summed E-state index contributed by atoms with van der Waals surface area (Å²) in [7, 11) is 0. The first-order chi connectivity index (χ1) is 13.7. The second-order valence-corrected chi connectivity index (χ2v) is 7.30. The van der Waals surface area contributed by atoms with E-state index in [4.69, 9.17) is 9.47 Å². The van der Waals surface area contributed by atoms with Crippen LogP contribution in [0.15, 0.2) is 66.9 Å². The molecule has 0 unspecified atom stereocenters. The molecule has 0 saturated heterocycles. The minimum Gasteiger partial charge on any atom is -0.454 e. The van der Waals surface area contributed by atoms with E-state index < -0.39 is 5.41 Å². The first kappa shape index (κ1) is 16.8. The fourth-order valence-electron chi connectivity index (χ4n) is 3.62. The number of amides is 1. The van der Waals surface area contributed by atoms with E-state index in [0.29, 0.717) is 11.4 Å². The van der Waals surface area contributed by atoms with E-state index in [2.05, 4.69) is 22.4 Å². The zero-order valence-electron chi connectivity index (χ0n) is 15.4. The minimum atomic E-state index is -0.482. The molecule has 1 saturated carbocycles. The molecule has 5 nitrogen and oxygen atoms in total. The zero-order valence-corrected chi connectivity index (χ0v) is 15.4. The van der Waals surface area contributed by atoms with Crippen LogP contribution in [0, 0.1) is 0 Å². The largest absolute Gasteiger partial charge is 0.454 e. The van der Waals surface area contributed by atoms with Crippen LogP contribution in [0.25, 0.3) is 0 Å². The molecule has 1 aromatic heterocycles. The molecule has 1 amide bonds. The zero-order chi connectivity index (χ0) is 19.0. The van der Waals surface area contributed by atoms with Crippen molar-refractivity contribution in [1.82, 2.24) is 4.98 Å². The van der Waals surface area contributed by atoms with Crippen LogP contribution in [0.3, 0.4) is 0 Å². The van der Waals surface area contributed by atoms with E-state index in [0.717, 1.165) is 36.3 Å². The molecule has 2 heterocycles. The third-order valence-electron chi connectivity index (χ3n) is 5.42. The van der Waals surface area contributed by atoms with Crippen LogP contribution in [0.1, 0.15) is 29.7 Å². The number of ether oxygens (including phenoxy) is 2. The molecule has 1 fully saturated rings. The summed E-state index contributed by atoms with van der Waals surface area (Å²) < 4.78 is 10.8. The molecular weight excluding hydrogens is 352 g/mol. The Morgan fingerprint density at radius 3 is 2.57 bits per heavy atom. The lowest BCUT2D eigenvalue weighted by molar-refractivity contribution is -0.118. The van der Waals surface area contributed by atoms with Crippen LogP contribution in [0.2, 0.25) is 0 Å². The molecule has 3 aromatic rings. The van der Waals surface area contributed by atoms with Crippen LogP contribution in [-0.2, 0) is 16.6 Å². The Morgan fingerprint density at radius 1 is 1.00 bits per heavy atom. The van der Waals surface area contributed by atoms with E-state index in [9.17, 15) is 4.79 Å². The maximum Gasteiger partial charge on any atom is 0.235 e. The maximum atomic E-state index is 13.0. The van der Waals surface area contributed by atoms with Gasteiger partial charge >= 0.3 is 0 Å². The van der Waals surface area contributed by atoms with E-state index in [1.165, 1.54) is 5.56 Å². The summed E-state index contributed by atoms with van der Waals surface area (Å²) in [6.45, 7) is 0.235. The average molecular weight is 372 g/mol.